The maximum Gasteiger partial charge on any atom is 0.163 e. The van der Waals surface area contributed by atoms with Crippen molar-refractivity contribution in [2.45, 2.75) is 38.5 Å². The fourth-order valence-electron chi connectivity index (χ4n) is 7.99. The fraction of sp³-hybridized carbons (Fsp3) is 0.125. The summed E-state index contributed by atoms with van der Waals surface area (Å²) in [5.74, 6) is 0.953. The number of pyridine rings is 1. The number of benzene rings is 6. The molecule has 0 fully saturated rings. The Balaban J connectivity index is 0.00000400. The average molecular weight is 868 g/mol. The number of phenolic OH excluding ortho intramolecular Hbond substituents is 1. The van der Waals surface area contributed by atoms with Gasteiger partial charge < -0.3 is 5.11 Å². The number of hydrogen-bond donors (Lipinski definition) is 1. The molecule has 2 heterocycles. The van der Waals surface area contributed by atoms with Crippen LogP contribution in [0.25, 0.3) is 72.7 Å². The molecule has 0 aliphatic heterocycles. The largest absolute Gasteiger partial charge is 0.507 e. The first-order valence-electron chi connectivity index (χ1n) is 17.8. The quantitative estimate of drug-likeness (QED) is 0.175. The molecule has 0 spiro atoms. The van der Waals surface area contributed by atoms with Gasteiger partial charge in [-0.05, 0) is 39.8 Å². The Morgan fingerprint density at radius 1 is 0.566 bits per heavy atom. The molecular weight excluding hydrogens is 830 g/mol. The summed E-state index contributed by atoms with van der Waals surface area (Å²) in [6.07, 6.45) is 2.15. The molecule has 1 aliphatic carbocycles. The molecule has 1 aliphatic rings. The Bertz CT molecular complexity index is 2580. The van der Waals surface area contributed by atoms with E-state index in [1.165, 1.54) is 0 Å². The van der Waals surface area contributed by atoms with Gasteiger partial charge in [-0.25, -0.2) is 9.97 Å². The molecule has 6 aromatic carbocycles. The first kappa shape index (κ1) is 34.5. The summed E-state index contributed by atoms with van der Waals surface area (Å²) < 4.78 is 2.22. The molecule has 5 heteroatoms. The fourth-order valence-corrected chi connectivity index (χ4v) is 7.99. The van der Waals surface area contributed by atoms with Crippen LogP contribution in [-0.2, 0) is 31.9 Å². The molecule has 9 rings (SSSR count). The molecule has 2 aromatic heterocycles. The van der Waals surface area contributed by atoms with Gasteiger partial charge in [0.15, 0.2) is 5.82 Å². The van der Waals surface area contributed by atoms with Gasteiger partial charge in [-0.3, -0.25) is 4.57 Å². The molecule has 0 bridgehead atoms. The van der Waals surface area contributed by atoms with Gasteiger partial charge in [-0.2, -0.15) is 0 Å². The predicted octanol–water partition coefficient (Wildman–Crippen LogP) is 11.8. The van der Waals surface area contributed by atoms with Gasteiger partial charge in [0.2, 0.25) is 0 Å². The van der Waals surface area contributed by atoms with E-state index in [2.05, 4.69) is 166 Å². The van der Waals surface area contributed by atoms with Gasteiger partial charge in [-0.1, -0.05) is 149 Å². The van der Waals surface area contributed by atoms with Crippen LogP contribution in [0, 0.1) is 6.07 Å². The average Bonchev–Trinajstić information content (AvgIpc) is 3.62. The van der Waals surface area contributed by atoms with E-state index in [0.717, 1.165) is 78.0 Å². The van der Waals surface area contributed by atoms with Crippen molar-refractivity contribution in [1.29, 1.82) is 0 Å². The standard InChI is InChI=1S/C48H38N3O.Pt/c1-47(2)38-26-15-27-42(52)43(38)44-39(48(47,3)4)28-29-40(49-44)46-50-41(37-25-13-21-31-20-11-12-22-34(31)37)30-51(46)45-35(32-16-7-5-8-17-32)23-14-24-36(45)33-18-9-6-10-19-33;/h5-21,23-30,52H,1-4H3;/q-1;. The Hall–Kier alpha value is -5.57. The van der Waals surface area contributed by atoms with Crippen molar-refractivity contribution in [2.75, 3.05) is 0 Å². The molecule has 8 aromatic rings. The Morgan fingerprint density at radius 2 is 1.17 bits per heavy atom. The molecule has 0 atom stereocenters. The zero-order valence-corrected chi connectivity index (χ0v) is 32.3. The maximum atomic E-state index is 11.4. The van der Waals surface area contributed by atoms with E-state index in [0.29, 0.717) is 5.82 Å². The number of phenols is 1. The van der Waals surface area contributed by atoms with Crippen molar-refractivity contribution in [3.8, 4) is 67.7 Å². The van der Waals surface area contributed by atoms with Gasteiger partial charge in [0, 0.05) is 55.1 Å². The smallest absolute Gasteiger partial charge is 0.163 e. The van der Waals surface area contributed by atoms with Crippen LogP contribution in [-0.4, -0.2) is 19.6 Å². The third kappa shape index (κ3) is 5.47. The molecule has 0 amide bonds. The van der Waals surface area contributed by atoms with E-state index in [9.17, 15) is 5.11 Å². The van der Waals surface area contributed by atoms with Crippen molar-refractivity contribution < 1.29 is 26.2 Å². The molecule has 262 valence electrons. The minimum absolute atomic E-state index is 0. The minimum atomic E-state index is -0.256. The molecule has 4 nitrogen and oxygen atoms in total. The Morgan fingerprint density at radius 3 is 1.87 bits per heavy atom. The molecule has 53 heavy (non-hydrogen) atoms. The second kappa shape index (κ2) is 13.1. The van der Waals surface area contributed by atoms with Gasteiger partial charge in [0.1, 0.15) is 11.4 Å². The van der Waals surface area contributed by atoms with Gasteiger partial charge in [-0.15, -0.1) is 35.0 Å². The first-order valence-corrected chi connectivity index (χ1v) is 17.8. The molecule has 1 N–H and O–H groups in total. The topological polar surface area (TPSA) is 50.9 Å². The van der Waals surface area contributed by atoms with Crippen LogP contribution >= 0.6 is 0 Å². The van der Waals surface area contributed by atoms with Crippen molar-refractivity contribution in [1.82, 2.24) is 14.5 Å². The molecule has 0 unspecified atom stereocenters. The van der Waals surface area contributed by atoms with Gasteiger partial charge >= 0.3 is 0 Å². The van der Waals surface area contributed by atoms with Crippen molar-refractivity contribution in [3.63, 3.8) is 0 Å². The maximum absolute atomic E-state index is 11.4. The number of imidazole rings is 1. The number of aromatic hydroxyl groups is 1. The monoisotopic (exact) mass is 867 g/mol. The van der Waals surface area contributed by atoms with Crippen LogP contribution in [0.15, 0.2) is 152 Å². The molecule has 0 saturated heterocycles. The van der Waals surface area contributed by atoms with Crippen LogP contribution in [0.2, 0.25) is 0 Å². The Labute approximate surface area is 325 Å². The summed E-state index contributed by atoms with van der Waals surface area (Å²) in [5.41, 5.74) is 11.2. The van der Waals surface area contributed by atoms with Crippen molar-refractivity contribution in [2.24, 2.45) is 0 Å². The third-order valence-electron chi connectivity index (χ3n) is 11.4. The number of fused-ring (bicyclic) bond motifs is 4. The number of rotatable bonds is 5. The van der Waals surface area contributed by atoms with Gasteiger partial charge in [0.05, 0.1) is 11.4 Å². The summed E-state index contributed by atoms with van der Waals surface area (Å²) in [6, 6.07) is 53.6. The van der Waals surface area contributed by atoms with Crippen LogP contribution in [0.5, 0.6) is 5.75 Å². The summed E-state index contributed by atoms with van der Waals surface area (Å²) in [7, 11) is 0. The van der Waals surface area contributed by atoms with E-state index < -0.39 is 0 Å². The minimum Gasteiger partial charge on any atom is -0.507 e. The summed E-state index contributed by atoms with van der Waals surface area (Å²) in [6.45, 7) is 9.07. The van der Waals surface area contributed by atoms with E-state index in [4.69, 9.17) is 9.97 Å². The normalized spacial score (nSPS) is 13.9. The first-order chi connectivity index (χ1) is 25.2. The summed E-state index contributed by atoms with van der Waals surface area (Å²) in [5, 5.41) is 13.5. The number of aromatic nitrogens is 3. The van der Waals surface area contributed by atoms with Crippen LogP contribution < -0.4 is 0 Å². The second-order valence-electron chi connectivity index (χ2n) is 14.7. The van der Waals surface area contributed by atoms with E-state index in [-0.39, 0.29) is 37.6 Å². The molecule has 0 saturated carbocycles. The predicted molar refractivity (Wildman–Crippen MR) is 213 cm³/mol. The SMILES string of the molecule is CC1(C)c2ccc(-c3nc(-c4cccc5ccc[c-]c45)cn3-c3c(-c4ccccc4)cccc3-c3ccccc3)nc2-c2c(O)cccc2C1(C)C.[Pt]. The third-order valence-corrected chi connectivity index (χ3v) is 11.4. The van der Waals surface area contributed by atoms with Crippen molar-refractivity contribution >= 4 is 10.8 Å². The zero-order chi connectivity index (χ0) is 35.6. The van der Waals surface area contributed by atoms with Crippen LogP contribution in [0.4, 0.5) is 0 Å². The summed E-state index contributed by atoms with van der Waals surface area (Å²) in [4.78, 5) is 10.9. The van der Waals surface area contributed by atoms with Gasteiger partial charge in [0.25, 0.3) is 0 Å². The number of hydrogen-bond acceptors (Lipinski definition) is 3. The zero-order valence-electron chi connectivity index (χ0n) is 30.0. The second-order valence-corrected chi connectivity index (χ2v) is 14.7. The van der Waals surface area contributed by atoms with Crippen LogP contribution in [0.3, 0.4) is 0 Å². The van der Waals surface area contributed by atoms with E-state index in [1.807, 2.05) is 18.2 Å². The Kier molecular flexibility index (Phi) is 8.55. The number of nitrogens with zero attached hydrogens (tertiary/aromatic N) is 3. The van der Waals surface area contributed by atoms with E-state index >= 15 is 0 Å². The van der Waals surface area contributed by atoms with Crippen LogP contribution in [0.1, 0.15) is 38.8 Å². The molecule has 0 radical (unpaired) electrons. The number of para-hydroxylation sites is 1. The van der Waals surface area contributed by atoms with Crippen molar-refractivity contribution in [3.05, 3.63) is 169 Å². The summed E-state index contributed by atoms with van der Waals surface area (Å²) >= 11 is 0. The van der Waals surface area contributed by atoms with E-state index in [1.54, 1.807) is 6.07 Å². The molecular formula is C48H38N3OPt-.